The normalized spacial score (nSPS) is 25.8. The van der Waals surface area contributed by atoms with Crippen LogP contribution in [-0.4, -0.2) is 55.8 Å². The molecule has 0 spiro atoms. The van der Waals surface area contributed by atoms with Crippen molar-refractivity contribution in [2.75, 3.05) is 13.2 Å². The van der Waals surface area contributed by atoms with Gasteiger partial charge in [0.15, 0.2) is 18.5 Å². The molecule has 10 heteroatoms. The summed E-state index contributed by atoms with van der Waals surface area (Å²) >= 11 is 0. The highest BCUT2D eigenvalue weighted by Gasteiger charge is 2.49. The highest BCUT2D eigenvalue weighted by Crippen LogP contribution is 2.30. The Labute approximate surface area is 175 Å². The van der Waals surface area contributed by atoms with Gasteiger partial charge >= 0.3 is 11.9 Å². The first-order chi connectivity index (χ1) is 14.4. The second-order valence-corrected chi connectivity index (χ2v) is 6.80. The predicted molar refractivity (Wildman–Crippen MR) is 105 cm³/mol. The quantitative estimate of drug-likeness (QED) is 0.187. The molecule has 1 aliphatic heterocycles. The molecule has 0 saturated carbocycles. The topological polar surface area (TPSA) is 129 Å². The average Bonchev–Trinajstić information content (AvgIpc) is 2.70. The minimum absolute atomic E-state index is 0.215. The Morgan fingerprint density at radius 1 is 1.07 bits per heavy atom. The number of ether oxygens (including phenoxy) is 5. The monoisotopic (exact) mass is 421 g/mol. The van der Waals surface area contributed by atoms with Crippen molar-refractivity contribution in [2.45, 2.75) is 64.5 Å². The van der Waals surface area contributed by atoms with Crippen LogP contribution >= 0.6 is 0 Å². The first-order valence-electron chi connectivity index (χ1n) is 9.70. The number of hydrogen-bond acceptors (Lipinski definition) is 8. The summed E-state index contributed by atoms with van der Waals surface area (Å²) in [6.07, 6.45) is -3.59. The summed E-state index contributed by atoms with van der Waals surface area (Å²) in [4.78, 5) is 26.1. The van der Waals surface area contributed by atoms with Crippen molar-refractivity contribution in [3.63, 3.8) is 0 Å². The van der Waals surface area contributed by atoms with E-state index in [1.165, 1.54) is 13.8 Å². The number of hydrogen-bond donors (Lipinski definition) is 0. The van der Waals surface area contributed by atoms with Crippen LogP contribution < -0.4 is 0 Å². The van der Waals surface area contributed by atoms with Gasteiger partial charge in [-0.2, -0.15) is 0 Å². The van der Waals surface area contributed by atoms with Crippen molar-refractivity contribution in [2.24, 2.45) is 5.11 Å². The zero-order valence-corrected chi connectivity index (χ0v) is 17.3. The maximum absolute atomic E-state index is 11.8. The molecule has 1 aromatic carbocycles. The number of nitrogens with zero attached hydrogens (tertiary/aromatic N) is 3. The smallest absolute Gasteiger partial charge is 0.303 e. The summed E-state index contributed by atoms with van der Waals surface area (Å²) in [7, 11) is 0. The standard InChI is InChI=1S/C20H27N3O7/c1-13-17(29-14(2)24)18(30-15(3)25)19(27-12-16-8-5-4-6-9-16)20(28-13)26-11-7-10-22-23-21/h4-6,8-9,13,17-20H,7,10-12H2,1-3H3/t13-,17+,18+,19-,20?/m0/s1. The van der Waals surface area contributed by atoms with Crippen LogP contribution in [0.5, 0.6) is 0 Å². The summed E-state index contributed by atoms with van der Waals surface area (Å²) in [5.74, 6) is -1.06. The molecule has 1 saturated heterocycles. The fourth-order valence-corrected chi connectivity index (χ4v) is 3.11. The van der Waals surface area contributed by atoms with Crippen molar-refractivity contribution in [3.05, 3.63) is 46.3 Å². The molecular formula is C20H27N3O7. The lowest BCUT2D eigenvalue weighted by Gasteiger charge is -2.43. The minimum atomic E-state index is -0.916. The molecule has 1 heterocycles. The largest absolute Gasteiger partial charge is 0.456 e. The average molecular weight is 421 g/mol. The van der Waals surface area contributed by atoms with Gasteiger partial charge in [0.1, 0.15) is 6.10 Å². The van der Waals surface area contributed by atoms with Gasteiger partial charge in [-0.1, -0.05) is 35.4 Å². The van der Waals surface area contributed by atoms with Crippen molar-refractivity contribution in [1.29, 1.82) is 0 Å². The van der Waals surface area contributed by atoms with Crippen LogP contribution in [-0.2, 0) is 39.9 Å². The van der Waals surface area contributed by atoms with E-state index in [1.807, 2.05) is 30.3 Å². The summed E-state index contributed by atoms with van der Waals surface area (Å²) in [6, 6.07) is 9.45. The molecule has 0 N–H and O–H groups in total. The zero-order valence-electron chi connectivity index (χ0n) is 17.3. The van der Waals surface area contributed by atoms with Crippen molar-refractivity contribution in [3.8, 4) is 0 Å². The Kier molecular flexibility index (Phi) is 9.56. The number of esters is 2. The summed E-state index contributed by atoms with van der Waals surface area (Å²) < 4.78 is 28.6. The van der Waals surface area contributed by atoms with Gasteiger partial charge in [0.05, 0.1) is 12.7 Å². The zero-order chi connectivity index (χ0) is 21.9. The van der Waals surface area contributed by atoms with E-state index < -0.39 is 42.6 Å². The molecule has 0 amide bonds. The van der Waals surface area contributed by atoms with Crippen LogP contribution in [0.15, 0.2) is 35.4 Å². The third kappa shape index (κ3) is 7.31. The molecule has 1 fully saturated rings. The van der Waals surface area contributed by atoms with Crippen molar-refractivity contribution < 1.29 is 33.3 Å². The van der Waals surface area contributed by atoms with E-state index >= 15 is 0 Å². The molecule has 164 valence electrons. The summed E-state index contributed by atoms with van der Waals surface area (Å²) in [5.41, 5.74) is 9.28. The van der Waals surface area contributed by atoms with E-state index in [0.29, 0.717) is 6.42 Å². The molecule has 1 unspecified atom stereocenters. The fourth-order valence-electron chi connectivity index (χ4n) is 3.11. The van der Waals surface area contributed by atoms with E-state index in [1.54, 1.807) is 6.92 Å². The van der Waals surface area contributed by atoms with Gasteiger partial charge in [0.2, 0.25) is 0 Å². The lowest BCUT2D eigenvalue weighted by Crippen LogP contribution is -2.60. The Morgan fingerprint density at radius 3 is 2.37 bits per heavy atom. The third-order valence-electron chi connectivity index (χ3n) is 4.36. The van der Waals surface area contributed by atoms with Crippen molar-refractivity contribution in [1.82, 2.24) is 0 Å². The molecule has 1 aliphatic rings. The van der Waals surface area contributed by atoms with E-state index in [-0.39, 0.29) is 19.8 Å². The molecule has 1 aromatic rings. The maximum atomic E-state index is 11.8. The summed E-state index contributed by atoms with van der Waals surface area (Å²) in [6.45, 7) is 4.98. The maximum Gasteiger partial charge on any atom is 0.303 e. The number of rotatable bonds is 10. The Bertz CT molecular complexity index is 739. The first kappa shape index (κ1) is 23.6. The molecule has 0 radical (unpaired) electrons. The Balaban J connectivity index is 2.20. The van der Waals surface area contributed by atoms with Gasteiger partial charge in [-0.05, 0) is 24.4 Å². The van der Waals surface area contributed by atoms with Gasteiger partial charge in [-0.25, -0.2) is 0 Å². The van der Waals surface area contributed by atoms with Crippen LogP contribution in [0.2, 0.25) is 0 Å². The number of carbonyl (C=O) groups is 2. The van der Waals surface area contributed by atoms with Crippen LogP contribution in [0.25, 0.3) is 10.4 Å². The number of benzene rings is 1. The highest BCUT2D eigenvalue weighted by atomic mass is 16.7. The predicted octanol–water partition coefficient (Wildman–Crippen LogP) is 2.90. The minimum Gasteiger partial charge on any atom is -0.456 e. The molecule has 30 heavy (non-hydrogen) atoms. The molecule has 10 nitrogen and oxygen atoms in total. The molecule has 0 aromatic heterocycles. The number of carbonyl (C=O) groups excluding carboxylic acids is 2. The van der Waals surface area contributed by atoms with Crippen molar-refractivity contribution >= 4 is 11.9 Å². The SMILES string of the molecule is CC(=O)O[C@@H]1[C@H](OC(C)=O)[C@H](C)OC(OCCCN=[N+]=[N-])[C@H]1OCc1ccccc1. The second kappa shape index (κ2) is 12.1. The highest BCUT2D eigenvalue weighted by molar-refractivity contribution is 5.67. The van der Waals surface area contributed by atoms with E-state index in [2.05, 4.69) is 10.0 Å². The molecule has 0 aliphatic carbocycles. The molecule has 5 atom stereocenters. The Morgan fingerprint density at radius 2 is 1.73 bits per heavy atom. The van der Waals surface area contributed by atoms with Crippen LogP contribution in [0.1, 0.15) is 32.8 Å². The third-order valence-corrected chi connectivity index (χ3v) is 4.36. The fraction of sp³-hybridized carbons (Fsp3) is 0.600. The van der Waals surface area contributed by atoms with Gasteiger partial charge in [-0.15, -0.1) is 0 Å². The number of azide groups is 1. The summed E-state index contributed by atoms with van der Waals surface area (Å²) in [5, 5.41) is 3.47. The van der Waals surface area contributed by atoms with Gasteiger partial charge in [0.25, 0.3) is 0 Å². The van der Waals surface area contributed by atoms with Crippen LogP contribution in [0.4, 0.5) is 0 Å². The van der Waals surface area contributed by atoms with Crippen LogP contribution in [0.3, 0.4) is 0 Å². The lowest BCUT2D eigenvalue weighted by atomic mass is 9.98. The van der Waals surface area contributed by atoms with Gasteiger partial charge in [-0.3, -0.25) is 9.59 Å². The van der Waals surface area contributed by atoms with E-state index in [4.69, 9.17) is 29.2 Å². The second-order valence-electron chi connectivity index (χ2n) is 6.80. The van der Waals surface area contributed by atoms with Gasteiger partial charge in [0, 0.05) is 31.9 Å². The molecule has 0 bridgehead atoms. The molecule has 2 rings (SSSR count). The van der Waals surface area contributed by atoms with Crippen LogP contribution in [0, 0.1) is 0 Å². The van der Waals surface area contributed by atoms with Gasteiger partial charge < -0.3 is 23.7 Å². The van der Waals surface area contributed by atoms with E-state index in [0.717, 1.165) is 5.56 Å². The van der Waals surface area contributed by atoms with E-state index in [9.17, 15) is 9.59 Å². The molecular weight excluding hydrogens is 394 g/mol. The first-order valence-corrected chi connectivity index (χ1v) is 9.70. The Hall–Kier alpha value is -2.65. The lowest BCUT2D eigenvalue weighted by molar-refractivity contribution is -0.308.